The summed E-state index contributed by atoms with van der Waals surface area (Å²) in [5.41, 5.74) is 4.63. The van der Waals surface area contributed by atoms with Crippen LogP contribution in [0.5, 0.6) is 11.5 Å². The monoisotopic (exact) mass is 604 g/mol. The molecule has 218 valence electrons. The molecule has 0 saturated heterocycles. The van der Waals surface area contributed by atoms with E-state index in [0.29, 0.717) is 32.9 Å². The molecular formula is C32H33ClN4O4S. The van der Waals surface area contributed by atoms with Crippen LogP contribution in [0.2, 0.25) is 5.02 Å². The van der Waals surface area contributed by atoms with Gasteiger partial charge < -0.3 is 19.7 Å². The van der Waals surface area contributed by atoms with Gasteiger partial charge in [0.05, 0.1) is 25.7 Å². The minimum absolute atomic E-state index is 0.0397. The molecule has 0 aliphatic rings. The van der Waals surface area contributed by atoms with Crippen LogP contribution < -0.4 is 14.8 Å². The average Bonchev–Trinajstić information content (AvgIpc) is 2.97. The van der Waals surface area contributed by atoms with Gasteiger partial charge in [0.1, 0.15) is 17.5 Å². The van der Waals surface area contributed by atoms with E-state index in [1.165, 1.54) is 18.9 Å². The quantitative estimate of drug-likeness (QED) is 0.153. The Morgan fingerprint density at radius 2 is 1.62 bits per heavy atom. The Hall–Kier alpha value is -4.08. The van der Waals surface area contributed by atoms with E-state index in [2.05, 4.69) is 15.3 Å². The highest BCUT2D eigenvalue weighted by atomic mass is 35.5. The fourth-order valence-electron chi connectivity index (χ4n) is 4.48. The highest BCUT2D eigenvalue weighted by Crippen LogP contribution is 2.33. The van der Waals surface area contributed by atoms with E-state index in [0.717, 1.165) is 22.5 Å². The summed E-state index contributed by atoms with van der Waals surface area (Å²) in [6.07, 6.45) is 0. The van der Waals surface area contributed by atoms with Crippen molar-refractivity contribution in [1.29, 1.82) is 0 Å². The number of methoxy groups -OCH3 is 2. The van der Waals surface area contributed by atoms with Gasteiger partial charge in [0.25, 0.3) is 5.91 Å². The average molecular weight is 605 g/mol. The number of anilines is 1. The first-order valence-electron chi connectivity index (χ1n) is 13.3. The molecule has 0 spiro atoms. The maximum atomic E-state index is 14.1. The molecule has 1 unspecified atom stereocenters. The Labute approximate surface area is 255 Å². The lowest BCUT2D eigenvalue weighted by molar-refractivity contribution is -0.137. The smallest absolute Gasteiger partial charge is 0.251 e. The summed E-state index contributed by atoms with van der Waals surface area (Å²) in [5, 5.41) is 4.00. The van der Waals surface area contributed by atoms with Crippen molar-refractivity contribution in [2.45, 2.75) is 38.5 Å². The highest BCUT2D eigenvalue weighted by molar-refractivity contribution is 7.99. The van der Waals surface area contributed by atoms with Gasteiger partial charge in [-0.1, -0.05) is 59.8 Å². The number of amides is 2. The van der Waals surface area contributed by atoms with Crippen molar-refractivity contribution in [2.75, 3.05) is 25.3 Å². The van der Waals surface area contributed by atoms with Crippen molar-refractivity contribution in [1.82, 2.24) is 14.9 Å². The molecule has 8 nitrogen and oxygen atoms in total. The summed E-state index contributed by atoms with van der Waals surface area (Å²) >= 11 is 7.44. The molecule has 0 radical (unpaired) electrons. The molecule has 4 aromatic rings. The van der Waals surface area contributed by atoms with Crippen molar-refractivity contribution < 1.29 is 19.1 Å². The van der Waals surface area contributed by atoms with Gasteiger partial charge in [-0.2, -0.15) is 0 Å². The van der Waals surface area contributed by atoms with Crippen LogP contribution in [0.25, 0.3) is 0 Å². The fraction of sp³-hybridized carbons (Fsp3) is 0.250. The standard InChI is InChI=1S/C32H33ClN4O4S/c1-20-8-6-7-9-24(20)18-37(29(38)19-42-32-34-21(2)16-22(3)35-32)30(23-10-12-25(33)13-11-23)31(39)36-27-15-14-26(40-4)17-28(27)41-5/h6-17,30H,18-19H2,1-5H3,(H,36,39). The number of ether oxygens (including phenoxy) is 2. The fourth-order valence-corrected chi connectivity index (χ4v) is 5.44. The SMILES string of the molecule is COc1ccc(NC(=O)C(c2ccc(Cl)cc2)N(Cc2ccccc2C)C(=O)CSc2nc(C)cc(C)n2)c(OC)c1. The number of benzene rings is 3. The third kappa shape index (κ3) is 7.80. The van der Waals surface area contributed by atoms with Crippen LogP contribution in [-0.2, 0) is 16.1 Å². The predicted molar refractivity (Wildman–Crippen MR) is 166 cm³/mol. The number of rotatable bonds is 11. The Morgan fingerprint density at radius 3 is 2.26 bits per heavy atom. The molecule has 0 saturated carbocycles. The lowest BCUT2D eigenvalue weighted by atomic mass is 10.0. The molecule has 0 aliphatic heterocycles. The maximum Gasteiger partial charge on any atom is 0.251 e. The third-order valence-electron chi connectivity index (χ3n) is 6.62. The zero-order valence-corrected chi connectivity index (χ0v) is 25.8. The zero-order valence-electron chi connectivity index (χ0n) is 24.2. The normalized spacial score (nSPS) is 11.5. The molecule has 0 bridgehead atoms. The first-order chi connectivity index (χ1) is 20.2. The van der Waals surface area contributed by atoms with Crippen LogP contribution in [0, 0.1) is 20.8 Å². The molecule has 10 heteroatoms. The van der Waals surface area contributed by atoms with Gasteiger partial charge in [-0.3, -0.25) is 9.59 Å². The molecule has 0 aliphatic carbocycles. The number of aromatic nitrogens is 2. The van der Waals surface area contributed by atoms with Crippen LogP contribution in [0.1, 0.15) is 34.1 Å². The minimum atomic E-state index is -0.984. The first kappa shape index (κ1) is 30.9. The van der Waals surface area contributed by atoms with E-state index in [-0.39, 0.29) is 18.2 Å². The number of aryl methyl sites for hydroxylation is 3. The Balaban J connectivity index is 1.74. The summed E-state index contributed by atoms with van der Waals surface area (Å²) in [6, 6.07) is 20.7. The largest absolute Gasteiger partial charge is 0.497 e. The second kappa shape index (κ2) is 14.2. The van der Waals surface area contributed by atoms with Crippen LogP contribution in [0.4, 0.5) is 5.69 Å². The minimum Gasteiger partial charge on any atom is -0.497 e. The van der Waals surface area contributed by atoms with Crippen LogP contribution in [-0.4, -0.2) is 46.7 Å². The molecule has 1 aromatic heterocycles. The second-order valence-corrected chi connectivity index (χ2v) is 11.1. The lowest BCUT2D eigenvalue weighted by Crippen LogP contribution is -2.42. The molecule has 1 N–H and O–H groups in total. The van der Waals surface area contributed by atoms with Gasteiger partial charge in [-0.05, 0) is 67.8 Å². The molecule has 2 amide bonds. The number of halogens is 1. The van der Waals surface area contributed by atoms with E-state index in [9.17, 15) is 9.59 Å². The molecule has 1 atom stereocenters. The van der Waals surface area contributed by atoms with Crippen molar-refractivity contribution in [3.63, 3.8) is 0 Å². The second-order valence-electron chi connectivity index (χ2n) is 9.68. The number of carbonyl (C=O) groups excluding carboxylic acids is 2. The van der Waals surface area contributed by atoms with Crippen LogP contribution >= 0.6 is 23.4 Å². The Bertz CT molecular complexity index is 1540. The van der Waals surface area contributed by atoms with E-state index < -0.39 is 11.9 Å². The van der Waals surface area contributed by atoms with Crippen LogP contribution in [0.3, 0.4) is 0 Å². The number of hydrogen-bond donors (Lipinski definition) is 1. The summed E-state index contributed by atoms with van der Waals surface area (Å²) in [7, 11) is 3.07. The number of nitrogens with zero attached hydrogens (tertiary/aromatic N) is 3. The number of thioether (sulfide) groups is 1. The van der Waals surface area contributed by atoms with Crippen molar-refractivity contribution >= 4 is 40.9 Å². The summed E-state index contributed by atoms with van der Waals surface area (Å²) < 4.78 is 10.8. The van der Waals surface area contributed by atoms with Crippen molar-refractivity contribution in [2.24, 2.45) is 0 Å². The Kier molecular flexibility index (Phi) is 10.4. The van der Waals surface area contributed by atoms with Crippen molar-refractivity contribution in [3.8, 4) is 11.5 Å². The highest BCUT2D eigenvalue weighted by Gasteiger charge is 2.32. The van der Waals surface area contributed by atoms with Gasteiger partial charge in [-0.15, -0.1) is 0 Å². The zero-order chi connectivity index (χ0) is 30.2. The first-order valence-corrected chi connectivity index (χ1v) is 14.6. The predicted octanol–water partition coefficient (Wildman–Crippen LogP) is 6.57. The summed E-state index contributed by atoms with van der Waals surface area (Å²) in [4.78, 5) is 38.7. The van der Waals surface area contributed by atoms with Gasteiger partial charge in [0.15, 0.2) is 5.16 Å². The van der Waals surface area contributed by atoms with Gasteiger partial charge in [-0.25, -0.2) is 9.97 Å². The Morgan fingerprint density at radius 1 is 0.929 bits per heavy atom. The molecule has 42 heavy (non-hydrogen) atoms. The van der Waals surface area contributed by atoms with Crippen molar-refractivity contribution in [3.05, 3.63) is 106 Å². The van der Waals surface area contributed by atoms with E-state index >= 15 is 0 Å². The van der Waals surface area contributed by atoms with Gasteiger partial charge in [0.2, 0.25) is 5.91 Å². The third-order valence-corrected chi connectivity index (χ3v) is 7.71. The number of carbonyl (C=O) groups is 2. The maximum absolute atomic E-state index is 14.1. The lowest BCUT2D eigenvalue weighted by Gasteiger charge is -2.32. The molecule has 4 rings (SSSR count). The molecule has 1 heterocycles. The topological polar surface area (TPSA) is 93.7 Å². The van der Waals surface area contributed by atoms with E-state index in [1.54, 1.807) is 54.5 Å². The molecule has 0 fully saturated rings. The number of nitrogens with one attached hydrogen (secondary N) is 1. The van der Waals surface area contributed by atoms with Gasteiger partial charge in [0, 0.05) is 29.0 Å². The van der Waals surface area contributed by atoms with Crippen LogP contribution in [0.15, 0.2) is 78.0 Å². The van der Waals surface area contributed by atoms with Gasteiger partial charge >= 0.3 is 0 Å². The summed E-state index contributed by atoms with van der Waals surface area (Å²) in [5.74, 6) is 0.397. The molecule has 3 aromatic carbocycles. The summed E-state index contributed by atoms with van der Waals surface area (Å²) in [6.45, 7) is 5.97. The van der Waals surface area contributed by atoms with E-state index in [4.69, 9.17) is 21.1 Å². The number of hydrogen-bond acceptors (Lipinski definition) is 7. The molecular weight excluding hydrogens is 572 g/mol. The van der Waals surface area contributed by atoms with E-state index in [1.807, 2.05) is 51.1 Å².